The Hall–Kier alpha value is -2.04. The van der Waals surface area contributed by atoms with Gasteiger partial charge in [0.15, 0.2) is 5.82 Å². The number of nitrogens with one attached hydrogen (secondary N) is 1. The summed E-state index contributed by atoms with van der Waals surface area (Å²) in [6.07, 6.45) is 1.68. The highest BCUT2D eigenvalue weighted by molar-refractivity contribution is 5.51. The fraction of sp³-hybridized carbons (Fsp3) is 0.200. The second-order valence-electron chi connectivity index (χ2n) is 3.31. The van der Waals surface area contributed by atoms with Gasteiger partial charge in [-0.15, -0.1) is 0 Å². The predicted molar refractivity (Wildman–Crippen MR) is 59.2 cm³/mol. The maximum atomic E-state index is 5.58. The van der Waals surface area contributed by atoms with Crippen molar-refractivity contribution in [3.05, 3.63) is 36.4 Å². The highest BCUT2D eigenvalue weighted by Crippen LogP contribution is 2.10. The van der Waals surface area contributed by atoms with Crippen LogP contribution in [0.4, 0.5) is 11.4 Å². The Balaban J connectivity index is 1.96. The SMILES string of the molecule is Cn1cnc(CNc2ccc(N)cc2)n1. The minimum atomic E-state index is 0.616. The molecule has 0 unspecified atom stereocenters. The van der Waals surface area contributed by atoms with Crippen molar-refractivity contribution < 1.29 is 0 Å². The normalized spacial score (nSPS) is 10.2. The number of nitrogen functional groups attached to an aromatic ring is 1. The largest absolute Gasteiger partial charge is 0.399 e. The maximum absolute atomic E-state index is 5.58. The van der Waals surface area contributed by atoms with Gasteiger partial charge in [0.25, 0.3) is 0 Å². The van der Waals surface area contributed by atoms with Crippen LogP contribution < -0.4 is 11.1 Å². The number of nitrogens with two attached hydrogens (primary N) is 1. The first-order chi connectivity index (χ1) is 7.24. The lowest BCUT2D eigenvalue weighted by atomic mass is 10.3. The molecule has 2 aromatic rings. The van der Waals surface area contributed by atoms with E-state index >= 15 is 0 Å². The van der Waals surface area contributed by atoms with E-state index < -0.39 is 0 Å². The minimum absolute atomic E-state index is 0.616. The maximum Gasteiger partial charge on any atom is 0.169 e. The lowest BCUT2D eigenvalue weighted by Crippen LogP contribution is -2.02. The van der Waals surface area contributed by atoms with E-state index in [1.54, 1.807) is 11.0 Å². The molecule has 0 radical (unpaired) electrons. The van der Waals surface area contributed by atoms with Crippen LogP contribution in [0.25, 0.3) is 0 Å². The average Bonchev–Trinajstić information content (AvgIpc) is 2.64. The number of hydrogen-bond acceptors (Lipinski definition) is 4. The van der Waals surface area contributed by atoms with Crippen molar-refractivity contribution in [2.45, 2.75) is 6.54 Å². The zero-order chi connectivity index (χ0) is 10.7. The molecule has 3 N–H and O–H groups in total. The molecule has 0 spiro atoms. The summed E-state index contributed by atoms with van der Waals surface area (Å²) in [5.41, 5.74) is 7.35. The third kappa shape index (κ3) is 2.46. The minimum Gasteiger partial charge on any atom is -0.399 e. The number of nitrogens with zero attached hydrogens (tertiary/aromatic N) is 3. The molecule has 1 aromatic heterocycles. The fourth-order valence-electron chi connectivity index (χ4n) is 1.25. The summed E-state index contributed by atoms with van der Waals surface area (Å²) in [5, 5.41) is 7.37. The summed E-state index contributed by atoms with van der Waals surface area (Å²) in [6.45, 7) is 0.616. The first-order valence-corrected chi connectivity index (χ1v) is 4.68. The molecular weight excluding hydrogens is 190 g/mol. The first kappa shape index (κ1) is 9.51. The molecule has 0 aliphatic heterocycles. The molecule has 0 aliphatic carbocycles. The molecule has 0 aliphatic rings. The zero-order valence-corrected chi connectivity index (χ0v) is 8.51. The van der Waals surface area contributed by atoms with E-state index in [1.165, 1.54) is 0 Å². The molecule has 0 fully saturated rings. The Bertz CT molecular complexity index is 431. The van der Waals surface area contributed by atoms with Crippen molar-refractivity contribution in [3.8, 4) is 0 Å². The Labute approximate surface area is 87.9 Å². The van der Waals surface area contributed by atoms with Gasteiger partial charge in [0.05, 0.1) is 6.54 Å². The Morgan fingerprint density at radius 2 is 2.07 bits per heavy atom. The van der Waals surface area contributed by atoms with E-state index in [4.69, 9.17) is 5.73 Å². The van der Waals surface area contributed by atoms with Crippen molar-refractivity contribution in [3.63, 3.8) is 0 Å². The number of rotatable bonds is 3. The van der Waals surface area contributed by atoms with Gasteiger partial charge in [-0.05, 0) is 24.3 Å². The van der Waals surface area contributed by atoms with Crippen molar-refractivity contribution in [2.24, 2.45) is 7.05 Å². The van der Waals surface area contributed by atoms with Gasteiger partial charge in [-0.3, -0.25) is 4.68 Å². The molecule has 1 heterocycles. The van der Waals surface area contributed by atoms with E-state index in [-0.39, 0.29) is 0 Å². The second-order valence-corrected chi connectivity index (χ2v) is 3.31. The Kier molecular flexibility index (Phi) is 2.53. The van der Waals surface area contributed by atoms with Gasteiger partial charge in [0.1, 0.15) is 6.33 Å². The summed E-state index contributed by atoms with van der Waals surface area (Å²) in [6, 6.07) is 7.57. The van der Waals surface area contributed by atoms with Gasteiger partial charge in [-0.2, -0.15) is 5.10 Å². The third-order valence-electron chi connectivity index (χ3n) is 2.01. The van der Waals surface area contributed by atoms with Crippen LogP contribution in [0.15, 0.2) is 30.6 Å². The number of benzene rings is 1. The summed E-state index contributed by atoms with van der Waals surface area (Å²) in [7, 11) is 1.85. The van der Waals surface area contributed by atoms with Crippen LogP contribution in [0, 0.1) is 0 Å². The van der Waals surface area contributed by atoms with E-state index in [0.717, 1.165) is 17.2 Å². The predicted octanol–water partition coefficient (Wildman–Crippen LogP) is 1.01. The van der Waals surface area contributed by atoms with E-state index in [0.29, 0.717) is 6.54 Å². The molecule has 15 heavy (non-hydrogen) atoms. The molecule has 1 aromatic carbocycles. The Morgan fingerprint density at radius 1 is 1.33 bits per heavy atom. The summed E-state index contributed by atoms with van der Waals surface area (Å²) in [4.78, 5) is 4.11. The van der Waals surface area contributed by atoms with Gasteiger partial charge in [-0.25, -0.2) is 4.98 Å². The number of hydrogen-bond donors (Lipinski definition) is 2. The molecule has 0 atom stereocenters. The van der Waals surface area contributed by atoms with Crippen LogP contribution in [0.3, 0.4) is 0 Å². The van der Waals surface area contributed by atoms with Crippen LogP contribution in [-0.2, 0) is 13.6 Å². The third-order valence-corrected chi connectivity index (χ3v) is 2.01. The molecular formula is C10H13N5. The van der Waals surface area contributed by atoms with Crippen molar-refractivity contribution in [1.82, 2.24) is 14.8 Å². The molecule has 5 heteroatoms. The van der Waals surface area contributed by atoms with E-state index in [9.17, 15) is 0 Å². The van der Waals surface area contributed by atoms with Gasteiger partial charge in [0.2, 0.25) is 0 Å². The van der Waals surface area contributed by atoms with E-state index in [1.807, 2.05) is 31.3 Å². The first-order valence-electron chi connectivity index (χ1n) is 4.68. The number of anilines is 2. The van der Waals surface area contributed by atoms with Crippen LogP contribution >= 0.6 is 0 Å². The lowest BCUT2D eigenvalue weighted by Gasteiger charge is -2.03. The van der Waals surface area contributed by atoms with Crippen LogP contribution in [0.1, 0.15) is 5.82 Å². The summed E-state index contributed by atoms with van der Waals surface area (Å²) < 4.78 is 1.68. The van der Waals surface area contributed by atoms with Crippen molar-refractivity contribution >= 4 is 11.4 Å². The highest BCUT2D eigenvalue weighted by atomic mass is 15.3. The van der Waals surface area contributed by atoms with Crippen LogP contribution in [-0.4, -0.2) is 14.8 Å². The van der Waals surface area contributed by atoms with Gasteiger partial charge in [-0.1, -0.05) is 0 Å². The lowest BCUT2D eigenvalue weighted by molar-refractivity contribution is 0.747. The van der Waals surface area contributed by atoms with Crippen LogP contribution in [0.2, 0.25) is 0 Å². The monoisotopic (exact) mass is 203 g/mol. The van der Waals surface area contributed by atoms with Crippen molar-refractivity contribution in [1.29, 1.82) is 0 Å². The molecule has 0 bridgehead atoms. The average molecular weight is 203 g/mol. The summed E-state index contributed by atoms with van der Waals surface area (Å²) >= 11 is 0. The molecule has 2 rings (SSSR count). The standard InChI is InChI=1S/C10H13N5/c1-15-7-13-10(14-15)6-12-9-4-2-8(11)3-5-9/h2-5,7,12H,6,11H2,1H3. The molecule has 5 nitrogen and oxygen atoms in total. The molecule has 0 saturated carbocycles. The molecule has 0 saturated heterocycles. The van der Waals surface area contributed by atoms with Gasteiger partial charge in [0, 0.05) is 18.4 Å². The van der Waals surface area contributed by atoms with Gasteiger partial charge < -0.3 is 11.1 Å². The van der Waals surface area contributed by atoms with Crippen molar-refractivity contribution in [2.75, 3.05) is 11.1 Å². The second kappa shape index (κ2) is 4.00. The smallest absolute Gasteiger partial charge is 0.169 e. The number of aromatic nitrogens is 3. The van der Waals surface area contributed by atoms with Crippen LogP contribution in [0.5, 0.6) is 0 Å². The topological polar surface area (TPSA) is 68.8 Å². The highest BCUT2D eigenvalue weighted by Gasteiger charge is 1.97. The number of aryl methyl sites for hydroxylation is 1. The molecule has 78 valence electrons. The van der Waals surface area contributed by atoms with E-state index in [2.05, 4.69) is 15.4 Å². The zero-order valence-electron chi connectivity index (χ0n) is 8.51. The fourth-order valence-corrected chi connectivity index (χ4v) is 1.25. The van der Waals surface area contributed by atoms with Gasteiger partial charge >= 0.3 is 0 Å². The molecule has 0 amide bonds. The Morgan fingerprint density at radius 3 is 2.67 bits per heavy atom. The quantitative estimate of drug-likeness (QED) is 0.730. The summed E-state index contributed by atoms with van der Waals surface area (Å²) in [5.74, 6) is 0.773.